The lowest BCUT2D eigenvalue weighted by Gasteiger charge is -1.90. The number of nitrogens with one attached hydrogen (secondary N) is 1. The second-order valence-electron chi connectivity index (χ2n) is 1.79. The minimum atomic E-state index is 0.631. The van der Waals surface area contributed by atoms with Gasteiger partial charge in [-0.25, -0.2) is 4.85 Å². The summed E-state index contributed by atoms with van der Waals surface area (Å²) in [7, 11) is 0. The van der Waals surface area contributed by atoms with Gasteiger partial charge < -0.3 is 0 Å². The maximum absolute atomic E-state index is 6.67. The van der Waals surface area contributed by atoms with Gasteiger partial charge in [-0.05, 0) is 17.0 Å². The van der Waals surface area contributed by atoms with Gasteiger partial charge in [-0.3, -0.25) is 11.3 Å². The highest BCUT2D eigenvalue weighted by atomic mass is 32.1. The van der Waals surface area contributed by atoms with Gasteiger partial charge in [0.05, 0.1) is 6.57 Å². The lowest BCUT2D eigenvalue weighted by molar-refractivity contribution is 0.744. The van der Waals surface area contributed by atoms with Gasteiger partial charge in [-0.15, -0.1) is 0 Å². The Kier molecular flexibility index (Phi) is 2.40. The fraction of sp³-hybridized carbons (Fsp3) is 0.167. The van der Waals surface area contributed by atoms with Crippen molar-refractivity contribution in [3.63, 3.8) is 0 Å². The summed E-state index contributed by atoms with van der Waals surface area (Å²) >= 11 is 1.44. The zero-order valence-electron chi connectivity index (χ0n) is 5.29. The van der Waals surface area contributed by atoms with Crippen LogP contribution in [0.4, 0.5) is 5.00 Å². The van der Waals surface area contributed by atoms with Gasteiger partial charge in [0.25, 0.3) is 0 Å². The largest absolute Gasteiger partial charge is 0.271 e. The van der Waals surface area contributed by atoms with Crippen molar-refractivity contribution in [1.29, 1.82) is 0 Å². The van der Waals surface area contributed by atoms with E-state index in [4.69, 9.17) is 12.4 Å². The Bertz CT molecular complexity index is 248. The van der Waals surface area contributed by atoms with Crippen molar-refractivity contribution in [1.82, 2.24) is 5.43 Å². The van der Waals surface area contributed by atoms with E-state index in [1.54, 1.807) is 0 Å². The van der Waals surface area contributed by atoms with Crippen LogP contribution in [0.25, 0.3) is 4.85 Å². The molecule has 1 heterocycles. The number of rotatable bonds is 2. The summed E-state index contributed by atoms with van der Waals surface area (Å²) in [4.78, 5) is 3.27. The molecule has 3 N–H and O–H groups in total. The average Bonchev–Trinajstić information content (AvgIpc) is 2.37. The van der Waals surface area contributed by atoms with Crippen LogP contribution in [-0.2, 0) is 6.54 Å². The van der Waals surface area contributed by atoms with Crippen LogP contribution < -0.4 is 11.3 Å². The molecule has 0 spiro atoms. The molecule has 0 aromatic carbocycles. The molecular weight excluding hydrogens is 146 g/mol. The molecule has 0 amide bonds. The molecule has 0 aliphatic rings. The summed E-state index contributed by atoms with van der Waals surface area (Å²) in [5.74, 6) is 5.09. The third-order valence-corrected chi connectivity index (χ3v) is 1.93. The molecule has 0 saturated heterocycles. The van der Waals surface area contributed by atoms with Crippen molar-refractivity contribution in [2.45, 2.75) is 6.54 Å². The van der Waals surface area contributed by atoms with E-state index in [-0.39, 0.29) is 0 Å². The normalized spacial score (nSPS) is 9.20. The van der Waals surface area contributed by atoms with Gasteiger partial charge in [-0.1, -0.05) is 0 Å². The van der Waals surface area contributed by atoms with Crippen molar-refractivity contribution in [2.24, 2.45) is 5.84 Å². The highest BCUT2D eigenvalue weighted by Crippen LogP contribution is 2.22. The zero-order valence-corrected chi connectivity index (χ0v) is 6.11. The third-order valence-electron chi connectivity index (χ3n) is 1.06. The van der Waals surface area contributed by atoms with E-state index in [2.05, 4.69) is 10.3 Å². The Labute approximate surface area is 63.3 Å². The maximum Gasteiger partial charge on any atom is 0.241 e. The van der Waals surface area contributed by atoms with Gasteiger partial charge in [0.1, 0.15) is 0 Å². The topological polar surface area (TPSA) is 42.4 Å². The molecule has 0 unspecified atom stereocenters. The lowest BCUT2D eigenvalue weighted by atomic mass is 10.3. The van der Waals surface area contributed by atoms with E-state index in [1.807, 2.05) is 11.4 Å². The van der Waals surface area contributed by atoms with Crippen LogP contribution in [0.1, 0.15) is 5.56 Å². The molecule has 10 heavy (non-hydrogen) atoms. The molecule has 0 atom stereocenters. The van der Waals surface area contributed by atoms with Crippen LogP contribution in [0.2, 0.25) is 0 Å². The van der Waals surface area contributed by atoms with E-state index in [1.165, 1.54) is 11.3 Å². The molecule has 1 aromatic rings. The highest BCUT2D eigenvalue weighted by molar-refractivity contribution is 7.14. The van der Waals surface area contributed by atoms with Crippen LogP contribution in [0, 0.1) is 6.57 Å². The van der Waals surface area contributed by atoms with Crippen LogP contribution >= 0.6 is 11.3 Å². The van der Waals surface area contributed by atoms with Crippen LogP contribution in [0.15, 0.2) is 11.4 Å². The second kappa shape index (κ2) is 3.32. The predicted octanol–water partition coefficient (Wildman–Crippen LogP) is 1.26. The number of hydrogen-bond acceptors (Lipinski definition) is 3. The van der Waals surface area contributed by atoms with E-state index in [0.717, 1.165) is 5.56 Å². The Morgan fingerprint density at radius 2 is 2.60 bits per heavy atom. The zero-order chi connectivity index (χ0) is 7.40. The van der Waals surface area contributed by atoms with Crippen LogP contribution in [0.3, 0.4) is 0 Å². The van der Waals surface area contributed by atoms with Crippen molar-refractivity contribution < 1.29 is 0 Å². The van der Waals surface area contributed by atoms with Crippen molar-refractivity contribution in [2.75, 3.05) is 0 Å². The monoisotopic (exact) mass is 153 g/mol. The molecular formula is C6H7N3S. The summed E-state index contributed by atoms with van der Waals surface area (Å²) in [5, 5.41) is 2.64. The first kappa shape index (κ1) is 7.22. The van der Waals surface area contributed by atoms with Crippen molar-refractivity contribution in [3.05, 3.63) is 28.4 Å². The fourth-order valence-corrected chi connectivity index (χ4v) is 1.33. The third kappa shape index (κ3) is 1.54. The van der Waals surface area contributed by atoms with E-state index in [0.29, 0.717) is 11.5 Å². The Morgan fingerprint density at radius 3 is 3.10 bits per heavy atom. The molecule has 52 valence electrons. The summed E-state index contributed by atoms with van der Waals surface area (Å²) in [6.07, 6.45) is 0. The first-order chi connectivity index (χ1) is 4.86. The van der Waals surface area contributed by atoms with Crippen molar-refractivity contribution in [3.8, 4) is 0 Å². The molecule has 4 heteroatoms. The maximum atomic E-state index is 6.67. The molecule has 0 aliphatic carbocycles. The smallest absolute Gasteiger partial charge is 0.241 e. The molecule has 0 bridgehead atoms. The number of nitrogens with two attached hydrogens (primary N) is 1. The van der Waals surface area contributed by atoms with Gasteiger partial charge in [-0.2, -0.15) is 11.3 Å². The molecule has 0 fully saturated rings. The number of hydrogen-bond donors (Lipinski definition) is 2. The Balaban J connectivity index is 2.71. The predicted molar refractivity (Wildman–Crippen MR) is 41.6 cm³/mol. The SMILES string of the molecule is [C-]#[N+]c1cc(CNN)cs1. The number of thiophene rings is 1. The minimum Gasteiger partial charge on any atom is -0.271 e. The average molecular weight is 153 g/mol. The van der Waals surface area contributed by atoms with E-state index >= 15 is 0 Å². The first-order valence-electron chi connectivity index (χ1n) is 2.75. The van der Waals surface area contributed by atoms with Crippen LogP contribution in [0.5, 0.6) is 0 Å². The fourth-order valence-electron chi connectivity index (χ4n) is 0.632. The van der Waals surface area contributed by atoms with Gasteiger partial charge in [0.15, 0.2) is 0 Å². The summed E-state index contributed by atoms with van der Waals surface area (Å²) in [6.45, 7) is 7.30. The number of nitrogens with zero attached hydrogens (tertiary/aromatic N) is 1. The van der Waals surface area contributed by atoms with Crippen LogP contribution in [-0.4, -0.2) is 0 Å². The summed E-state index contributed by atoms with van der Waals surface area (Å²) in [5.41, 5.74) is 3.59. The molecule has 3 nitrogen and oxygen atoms in total. The molecule has 0 aliphatic heterocycles. The quantitative estimate of drug-likeness (QED) is 0.381. The standard InChI is InChI=1S/C6H7N3S/c1-8-6-2-5(3-9-7)4-10-6/h2,4,9H,3,7H2. The molecule has 0 radical (unpaired) electrons. The first-order valence-corrected chi connectivity index (χ1v) is 3.63. The summed E-state index contributed by atoms with van der Waals surface area (Å²) in [6, 6.07) is 1.83. The van der Waals surface area contributed by atoms with Gasteiger partial charge in [0, 0.05) is 6.54 Å². The van der Waals surface area contributed by atoms with Crippen molar-refractivity contribution >= 4 is 16.3 Å². The molecule has 0 saturated carbocycles. The van der Waals surface area contributed by atoms with Gasteiger partial charge >= 0.3 is 0 Å². The summed E-state index contributed by atoms with van der Waals surface area (Å²) < 4.78 is 0. The Hall–Kier alpha value is -0.890. The second-order valence-corrected chi connectivity index (χ2v) is 2.68. The molecule has 1 aromatic heterocycles. The van der Waals surface area contributed by atoms with E-state index in [9.17, 15) is 0 Å². The lowest BCUT2D eigenvalue weighted by Crippen LogP contribution is -2.20. The molecule has 1 rings (SSSR count). The Morgan fingerprint density at radius 1 is 1.80 bits per heavy atom. The van der Waals surface area contributed by atoms with E-state index < -0.39 is 0 Å². The van der Waals surface area contributed by atoms with Gasteiger partial charge in [0.2, 0.25) is 5.00 Å². The number of hydrazine groups is 1. The minimum absolute atomic E-state index is 0.631. The highest BCUT2D eigenvalue weighted by Gasteiger charge is 1.95.